The number of hydrogen-bond acceptors (Lipinski definition) is 9. The molecule has 10 nitrogen and oxygen atoms in total. The normalized spacial score (nSPS) is 13.8. The van der Waals surface area contributed by atoms with Crippen molar-refractivity contribution in [2.75, 3.05) is 44.5 Å². The van der Waals surface area contributed by atoms with Gasteiger partial charge in [0.2, 0.25) is 0 Å². The van der Waals surface area contributed by atoms with Gasteiger partial charge < -0.3 is 19.5 Å². The zero-order valence-corrected chi connectivity index (χ0v) is 27.2. The highest BCUT2D eigenvalue weighted by molar-refractivity contribution is 8.04. The number of nitrogens with zero attached hydrogens (tertiary/aromatic N) is 1. The molecule has 0 saturated carbocycles. The molecule has 1 aliphatic rings. The fraction of sp³-hybridized carbons (Fsp3) is 0.312. The summed E-state index contributed by atoms with van der Waals surface area (Å²) < 4.78 is 44.8. The second-order valence-electron chi connectivity index (χ2n) is 11.0. The molecule has 0 aliphatic carbocycles. The van der Waals surface area contributed by atoms with Crippen molar-refractivity contribution in [3.05, 3.63) is 82.9 Å². The fourth-order valence-corrected chi connectivity index (χ4v) is 6.51. The van der Waals surface area contributed by atoms with Gasteiger partial charge in [0.1, 0.15) is 22.1 Å². The number of nitrogens with one attached hydrogen (secondary N) is 2. The number of sulfonamides is 1. The molecule has 2 amide bonds. The number of imide groups is 1. The zero-order valence-electron chi connectivity index (χ0n) is 25.6. The molecule has 1 aliphatic heterocycles. The second-order valence-corrected chi connectivity index (χ2v) is 13.8. The number of benzene rings is 3. The van der Waals surface area contributed by atoms with E-state index in [2.05, 4.69) is 30.8 Å². The van der Waals surface area contributed by atoms with Crippen molar-refractivity contribution in [1.29, 1.82) is 0 Å². The van der Waals surface area contributed by atoms with E-state index in [1.807, 2.05) is 0 Å². The van der Waals surface area contributed by atoms with Crippen molar-refractivity contribution in [2.24, 2.45) is 0 Å². The minimum absolute atomic E-state index is 0.0887. The molecular formula is C32H37N3O7S2. The van der Waals surface area contributed by atoms with Crippen molar-refractivity contribution in [3.8, 4) is 11.5 Å². The maximum atomic E-state index is 13.5. The molecule has 0 saturated heterocycles. The van der Waals surface area contributed by atoms with E-state index in [0.29, 0.717) is 40.8 Å². The molecule has 3 aromatic rings. The van der Waals surface area contributed by atoms with Gasteiger partial charge in [-0.25, -0.2) is 8.42 Å². The maximum Gasteiger partial charge on any atom is 0.278 e. The number of hydrogen-bond donors (Lipinski definition) is 2. The Morgan fingerprint density at radius 1 is 0.886 bits per heavy atom. The summed E-state index contributed by atoms with van der Waals surface area (Å²) in [6.45, 7) is 6.74. The Labute approximate surface area is 262 Å². The Balaban J connectivity index is 1.63. The lowest BCUT2D eigenvalue weighted by Crippen LogP contribution is -2.33. The van der Waals surface area contributed by atoms with Gasteiger partial charge in [0.05, 0.1) is 24.8 Å². The van der Waals surface area contributed by atoms with E-state index in [0.717, 1.165) is 17.3 Å². The van der Waals surface area contributed by atoms with Crippen LogP contribution in [0.5, 0.6) is 11.5 Å². The standard InChI is InChI=1S/C32H37N3O7S2/c1-32(2,3)21-11-14-25(15-12-21)44(38,39)34-22-9-7-10-24(19-22)43-29-28(30(36)35(31(29)37)17-8-18-40-4)33-26-16-13-23(41-5)20-27(26)42-6/h7,9-16,19-20,33-34H,8,17-18H2,1-6H3. The first-order valence-corrected chi connectivity index (χ1v) is 16.2. The minimum atomic E-state index is -3.87. The number of rotatable bonds is 13. The van der Waals surface area contributed by atoms with Crippen LogP contribution in [0.4, 0.5) is 11.4 Å². The molecule has 0 unspecified atom stereocenters. The first-order chi connectivity index (χ1) is 20.9. The quantitative estimate of drug-likeness (QED) is 0.181. The Kier molecular flexibility index (Phi) is 10.3. The molecule has 234 valence electrons. The molecule has 0 atom stereocenters. The third-order valence-electron chi connectivity index (χ3n) is 6.86. The van der Waals surface area contributed by atoms with E-state index < -0.39 is 21.8 Å². The molecule has 0 fully saturated rings. The highest BCUT2D eigenvalue weighted by Gasteiger charge is 2.39. The summed E-state index contributed by atoms with van der Waals surface area (Å²) in [6.07, 6.45) is 0.471. The number of amides is 2. The van der Waals surface area contributed by atoms with Gasteiger partial charge in [0, 0.05) is 36.9 Å². The summed E-state index contributed by atoms with van der Waals surface area (Å²) in [5.41, 5.74) is 1.79. The van der Waals surface area contributed by atoms with Crippen molar-refractivity contribution in [1.82, 2.24) is 4.90 Å². The average Bonchev–Trinajstić information content (AvgIpc) is 3.20. The molecule has 2 N–H and O–H groups in total. The largest absolute Gasteiger partial charge is 0.497 e. The lowest BCUT2D eigenvalue weighted by Gasteiger charge is -2.19. The van der Waals surface area contributed by atoms with Crippen LogP contribution in [0.3, 0.4) is 0 Å². The summed E-state index contributed by atoms with van der Waals surface area (Å²) in [6, 6.07) is 18.5. The van der Waals surface area contributed by atoms with Gasteiger partial charge in [0.15, 0.2) is 0 Å². The van der Waals surface area contributed by atoms with Gasteiger partial charge in [-0.1, -0.05) is 50.7 Å². The number of carbonyl (C=O) groups excluding carboxylic acids is 2. The van der Waals surface area contributed by atoms with E-state index in [-0.39, 0.29) is 27.5 Å². The summed E-state index contributed by atoms with van der Waals surface area (Å²) >= 11 is 1.07. The van der Waals surface area contributed by atoms with E-state index in [4.69, 9.17) is 14.2 Å². The van der Waals surface area contributed by atoms with Crippen molar-refractivity contribution in [3.63, 3.8) is 0 Å². The third-order valence-corrected chi connectivity index (χ3v) is 9.33. The molecule has 4 rings (SSSR count). The van der Waals surface area contributed by atoms with Crippen molar-refractivity contribution < 1.29 is 32.2 Å². The highest BCUT2D eigenvalue weighted by Crippen LogP contribution is 2.39. The van der Waals surface area contributed by atoms with Crippen LogP contribution >= 0.6 is 11.8 Å². The number of thioether (sulfide) groups is 1. The smallest absolute Gasteiger partial charge is 0.278 e. The molecule has 0 bridgehead atoms. The van der Waals surface area contributed by atoms with Crippen LogP contribution in [0, 0.1) is 0 Å². The van der Waals surface area contributed by atoms with E-state index in [1.165, 1.54) is 19.1 Å². The predicted molar refractivity (Wildman–Crippen MR) is 172 cm³/mol. The van der Waals surface area contributed by atoms with Crippen LogP contribution in [-0.2, 0) is 29.8 Å². The number of methoxy groups -OCH3 is 3. The monoisotopic (exact) mass is 639 g/mol. The van der Waals surface area contributed by atoms with Crippen LogP contribution < -0.4 is 19.5 Å². The van der Waals surface area contributed by atoms with E-state index in [1.54, 1.807) is 73.8 Å². The third kappa shape index (κ3) is 7.55. The maximum absolute atomic E-state index is 13.5. The molecule has 12 heteroatoms. The van der Waals surface area contributed by atoms with Crippen molar-refractivity contribution in [2.45, 2.75) is 42.4 Å². The highest BCUT2D eigenvalue weighted by atomic mass is 32.2. The van der Waals surface area contributed by atoms with Crippen LogP contribution in [0.15, 0.2) is 87.1 Å². The zero-order chi connectivity index (χ0) is 32.1. The minimum Gasteiger partial charge on any atom is -0.497 e. The molecule has 0 aromatic heterocycles. The molecule has 1 heterocycles. The van der Waals surface area contributed by atoms with Gasteiger partial charge >= 0.3 is 0 Å². The molecular weight excluding hydrogens is 603 g/mol. The summed E-state index contributed by atoms with van der Waals surface area (Å²) in [7, 11) is 0.708. The average molecular weight is 640 g/mol. The Morgan fingerprint density at radius 3 is 2.25 bits per heavy atom. The first kappa shape index (κ1) is 32.9. The van der Waals surface area contributed by atoms with Crippen molar-refractivity contribution >= 4 is 45.0 Å². The van der Waals surface area contributed by atoms with Crippen LogP contribution in [0.1, 0.15) is 32.8 Å². The lowest BCUT2D eigenvalue weighted by molar-refractivity contribution is -0.137. The Morgan fingerprint density at radius 2 is 1.61 bits per heavy atom. The van der Waals surface area contributed by atoms with E-state index in [9.17, 15) is 18.0 Å². The molecule has 0 spiro atoms. The SMILES string of the molecule is COCCCN1C(=O)C(Nc2ccc(OC)cc2OC)=C(Sc2cccc(NS(=O)(=O)c3ccc(C(C)(C)C)cc3)c2)C1=O. The Bertz CT molecular complexity index is 1660. The van der Waals surface area contributed by atoms with Crippen LogP contribution in [-0.4, -0.2) is 59.6 Å². The molecule has 44 heavy (non-hydrogen) atoms. The predicted octanol–water partition coefficient (Wildman–Crippen LogP) is 5.62. The van der Waals surface area contributed by atoms with Crippen LogP contribution in [0.2, 0.25) is 0 Å². The summed E-state index contributed by atoms with van der Waals surface area (Å²) in [5.74, 6) is 0.0414. The summed E-state index contributed by atoms with van der Waals surface area (Å²) in [5, 5.41) is 3.10. The lowest BCUT2D eigenvalue weighted by atomic mass is 9.87. The molecule has 0 radical (unpaired) electrons. The van der Waals surface area contributed by atoms with E-state index >= 15 is 0 Å². The van der Waals surface area contributed by atoms with Gasteiger partial charge in [-0.05, 0) is 59.9 Å². The first-order valence-electron chi connectivity index (χ1n) is 13.9. The topological polar surface area (TPSA) is 123 Å². The van der Waals surface area contributed by atoms with Gasteiger partial charge in [-0.15, -0.1) is 0 Å². The Hall–Kier alpha value is -4.00. The molecule has 3 aromatic carbocycles. The second kappa shape index (κ2) is 13.7. The summed E-state index contributed by atoms with van der Waals surface area (Å²) in [4.78, 5) is 29.1. The van der Waals surface area contributed by atoms with Gasteiger partial charge in [0.25, 0.3) is 21.8 Å². The van der Waals surface area contributed by atoms with Crippen LogP contribution in [0.25, 0.3) is 0 Å². The number of ether oxygens (including phenoxy) is 3. The van der Waals surface area contributed by atoms with Gasteiger partial charge in [-0.3, -0.25) is 19.2 Å². The van der Waals surface area contributed by atoms with Gasteiger partial charge in [-0.2, -0.15) is 0 Å². The number of carbonyl (C=O) groups is 2. The fourth-order valence-electron chi connectivity index (χ4n) is 4.45. The number of anilines is 2.